The fourth-order valence-electron chi connectivity index (χ4n) is 2.31. The average molecular weight is 297 g/mol. The summed E-state index contributed by atoms with van der Waals surface area (Å²) in [7, 11) is 0. The van der Waals surface area contributed by atoms with Gasteiger partial charge in [-0.1, -0.05) is 31.9 Å². The van der Waals surface area contributed by atoms with Gasteiger partial charge in [0, 0.05) is 24.4 Å². The number of carbonyl (C=O) groups is 1. The Bertz CT molecular complexity index is 591. The van der Waals surface area contributed by atoms with Gasteiger partial charge in [-0.25, -0.2) is 9.97 Å². The Balaban J connectivity index is 1.84. The van der Waals surface area contributed by atoms with Gasteiger partial charge in [-0.15, -0.1) is 0 Å². The molecule has 4 heteroatoms. The highest BCUT2D eigenvalue weighted by Gasteiger charge is 2.02. The quantitative estimate of drug-likeness (QED) is 0.761. The first-order valence-electron chi connectivity index (χ1n) is 7.87. The van der Waals surface area contributed by atoms with Gasteiger partial charge in [0.05, 0.1) is 0 Å². The normalized spacial score (nSPS) is 10.6. The number of aryl methyl sites for hydroxylation is 3. The zero-order valence-electron chi connectivity index (χ0n) is 13.1. The highest BCUT2D eigenvalue weighted by molar-refractivity contribution is 5.92. The smallest absolute Gasteiger partial charge is 0.248 e. The van der Waals surface area contributed by atoms with E-state index in [1.807, 2.05) is 24.5 Å². The molecule has 0 spiro atoms. The largest absolute Gasteiger partial charge is 0.366 e. The van der Waals surface area contributed by atoms with E-state index in [1.54, 1.807) is 12.1 Å². The fourth-order valence-corrected chi connectivity index (χ4v) is 2.31. The molecule has 1 amide bonds. The predicted molar refractivity (Wildman–Crippen MR) is 87.6 cm³/mol. The number of amides is 1. The van der Waals surface area contributed by atoms with Crippen molar-refractivity contribution in [2.45, 2.75) is 45.4 Å². The van der Waals surface area contributed by atoms with Crippen LogP contribution in [0, 0.1) is 0 Å². The molecule has 0 unspecified atom stereocenters. The maximum atomic E-state index is 11.0. The van der Waals surface area contributed by atoms with Crippen molar-refractivity contribution < 1.29 is 4.79 Å². The van der Waals surface area contributed by atoms with E-state index in [0.29, 0.717) is 5.56 Å². The average Bonchev–Trinajstić information content (AvgIpc) is 2.55. The van der Waals surface area contributed by atoms with E-state index >= 15 is 0 Å². The number of hydrogen-bond acceptors (Lipinski definition) is 3. The molecule has 0 aliphatic heterocycles. The van der Waals surface area contributed by atoms with Crippen molar-refractivity contribution in [1.29, 1.82) is 0 Å². The van der Waals surface area contributed by atoms with Crippen molar-refractivity contribution in [3.8, 4) is 0 Å². The van der Waals surface area contributed by atoms with E-state index in [9.17, 15) is 4.79 Å². The molecule has 116 valence electrons. The molecule has 22 heavy (non-hydrogen) atoms. The molecule has 0 atom stereocenters. The van der Waals surface area contributed by atoms with E-state index in [0.717, 1.165) is 30.7 Å². The van der Waals surface area contributed by atoms with Crippen molar-refractivity contribution in [2.24, 2.45) is 5.73 Å². The number of hydrogen-bond donors (Lipinski definition) is 1. The van der Waals surface area contributed by atoms with Crippen LogP contribution < -0.4 is 5.73 Å². The number of aromatic nitrogens is 2. The SMILES string of the molecule is CCCCCc1cnc(CCc2ccc(C(N)=O)cc2)nc1. The summed E-state index contributed by atoms with van der Waals surface area (Å²) < 4.78 is 0. The third kappa shape index (κ3) is 4.95. The van der Waals surface area contributed by atoms with Crippen LogP contribution in [0.4, 0.5) is 0 Å². The summed E-state index contributed by atoms with van der Waals surface area (Å²) in [5.74, 6) is 0.465. The molecular formula is C18H23N3O. The van der Waals surface area contributed by atoms with Crippen molar-refractivity contribution in [3.63, 3.8) is 0 Å². The molecule has 0 aliphatic rings. The first-order valence-corrected chi connectivity index (χ1v) is 7.87. The van der Waals surface area contributed by atoms with E-state index < -0.39 is 5.91 Å². The lowest BCUT2D eigenvalue weighted by molar-refractivity contribution is 0.100. The number of unbranched alkanes of at least 4 members (excludes halogenated alkanes) is 2. The van der Waals surface area contributed by atoms with Crippen LogP contribution >= 0.6 is 0 Å². The molecule has 1 aromatic carbocycles. The third-order valence-corrected chi connectivity index (χ3v) is 3.70. The summed E-state index contributed by atoms with van der Waals surface area (Å²) in [4.78, 5) is 19.9. The topological polar surface area (TPSA) is 68.9 Å². The molecule has 2 aromatic rings. The molecule has 0 fully saturated rings. The highest BCUT2D eigenvalue weighted by atomic mass is 16.1. The first-order chi connectivity index (χ1) is 10.7. The Morgan fingerprint density at radius 1 is 0.955 bits per heavy atom. The Morgan fingerprint density at radius 2 is 1.64 bits per heavy atom. The Kier molecular flexibility index (Phi) is 6.07. The van der Waals surface area contributed by atoms with Gasteiger partial charge in [-0.05, 0) is 42.5 Å². The summed E-state index contributed by atoms with van der Waals surface area (Å²) in [6.45, 7) is 2.20. The summed E-state index contributed by atoms with van der Waals surface area (Å²) in [5, 5.41) is 0. The minimum atomic E-state index is -0.395. The first kappa shape index (κ1) is 16.1. The van der Waals surface area contributed by atoms with Gasteiger partial charge < -0.3 is 5.73 Å². The molecule has 1 aromatic heterocycles. The Morgan fingerprint density at radius 3 is 2.23 bits per heavy atom. The summed E-state index contributed by atoms with van der Waals surface area (Å²) >= 11 is 0. The number of benzene rings is 1. The third-order valence-electron chi connectivity index (χ3n) is 3.70. The molecule has 2 rings (SSSR count). The molecule has 0 radical (unpaired) electrons. The molecule has 1 heterocycles. The molecule has 0 saturated carbocycles. The van der Waals surface area contributed by atoms with Gasteiger partial charge in [-0.2, -0.15) is 0 Å². The second-order valence-electron chi connectivity index (χ2n) is 5.53. The second kappa shape index (κ2) is 8.27. The zero-order valence-corrected chi connectivity index (χ0v) is 13.1. The minimum absolute atomic E-state index is 0.395. The van der Waals surface area contributed by atoms with Gasteiger partial charge in [0.15, 0.2) is 0 Å². The van der Waals surface area contributed by atoms with Crippen molar-refractivity contribution in [1.82, 2.24) is 9.97 Å². The molecule has 0 bridgehead atoms. The van der Waals surface area contributed by atoms with Crippen LogP contribution in [-0.4, -0.2) is 15.9 Å². The lowest BCUT2D eigenvalue weighted by atomic mass is 10.1. The van der Waals surface area contributed by atoms with Crippen molar-refractivity contribution >= 4 is 5.91 Å². The van der Waals surface area contributed by atoms with Crippen LogP contribution in [0.3, 0.4) is 0 Å². The number of rotatable bonds is 8. The van der Waals surface area contributed by atoms with Gasteiger partial charge >= 0.3 is 0 Å². The monoisotopic (exact) mass is 297 g/mol. The molecule has 4 nitrogen and oxygen atoms in total. The van der Waals surface area contributed by atoms with Gasteiger partial charge in [0.2, 0.25) is 5.91 Å². The molecule has 0 aliphatic carbocycles. The minimum Gasteiger partial charge on any atom is -0.366 e. The Hall–Kier alpha value is -2.23. The maximum Gasteiger partial charge on any atom is 0.248 e. The Labute approximate surface area is 131 Å². The van der Waals surface area contributed by atoms with E-state index in [4.69, 9.17) is 5.73 Å². The number of primary amides is 1. The van der Waals surface area contributed by atoms with Crippen LogP contribution in [0.25, 0.3) is 0 Å². The molecule has 2 N–H and O–H groups in total. The fraction of sp³-hybridized carbons (Fsp3) is 0.389. The summed E-state index contributed by atoms with van der Waals surface area (Å²) in [6, 6.07) is 7.38. The highest BCUT2D eigenvalue weighted by Crippen LogP contribution is 2.08. The lowest BCUT2D eigenvalue weighted by Gasteiger charge is -2.04. The van der Waals surface area contributed by atoms with Crippen molar-refractivity contribution in [2.75, 3.05) is 0 Å². The second-order valence-corrected chi connectivity index (χ2v) is 5.53. The van der Waals surface area contributed by atoms with E-state index in [2.05, 4.69) is 16.9 Å². The maximum absolute atomic E-state index is 11.0. The number of nitrogens with zero attached hydrogens (tertiary/aromatic N) is 2. The number of carbonyl (C=O) groups excluding carboxylic acids is 1. The van der Waals surface area contributed by atoms with Crippen LogP contribution in [-0.2, 0) is 19.3 Å². The van der Waals surface area contributed by atoms with Crippen molar-refractivity contribution in [3.05, 3.63) is 59.2 Å². The number of nitrogens with two attached hydrogens (primary N) is 1. The van der Waals surface area contributed by atoms with Gasteiger partial charge in [-0.3, -0.25) is 4.79 Å². The zero-order chi connectivity index (χ0) is 15.8. The van der Waals surface area contributed by atoms with Crippen LogP contribution in [0.1, 0.15) is 53.5 Å². The standard InChI is InChI=1S/C18H23N3O/c1-2-3-4-5-15-12-20-17(21-13-15)11-8-14-6-9-16(10-7-14)18(19)22/h6-7,9-10,12-13H,2-5,8,11H2,1H3,(H2,19,22). The lowest BCUT2D eigenvalue weighted by Crippen LogP contribution is -2.10. The van der Waals surface area contributed by atoms with Crippen LogP contribution in [0.2, 0.25) is 0 Å². The summed E-state index contributed by atoms with van der Waals surface area (Å²) in [5.41, 5.74) is 8.13. The van der Waals surface area contributed by atoms with E-state index in [-0.39, 0.29) is 0 Å². The molecule has 0 saturated heterocycles. The molecular weight excluding hydrogens is 274 g/mol. The van der Waals surface area contributed by atoms with E-state index in [1.165, 1.54) is 24.8 Å². The van der Waals surface area contributed by atoms with Gasteiger partial charge in [0.25, 0.3) is 0 Å². The predicted octanol–water partition coefficient (Wildman–Crippen LogP) is 3.09. The van der Waals surface area contributed by atoms with Crippen LogP contribution in [0.15, 0.2) is 36.7 Å². The van der Waals surface area contributed by atoms with Crippen LogP contribution in [0.5, 0.6) is 0 Å². The summed E-state index contributed by atoms with van der Waals surface area (Å²) in [6.07, 6.45) is 10.3. The van der Waals surface area contributed by atoms with Gasteiger partial charge in [0.1, 0.15) is 5.82 Å².